The predicted octanol–water partition coefficient (Wildman–Crippen LogP) is 2.51. The van der Waals surface area contributed by atoms with E-state index in [4.69, 9.17) is 0 Å². The lowest BCUT2D eigenvalue weighted by molar-refractivity contribution is 0.612. The molecule has 3 nitrogen and oxygen atoms in total. The van der Waals surface area contributed by atoms with E-state index in [1.807, 2.05) is 24.8 Å². The van der Waals surface area contributed by atoms with Gasteiger partial charge in [0.05, 0.1) is 11.4 Å². The summed E-state index contributed by atoms with van der Waals surface area (Å²) in [5.74, 6) is -0.222. The number of halogens is 1. The summed E-state index contributed by atoms with van der Waals surface area (Å²) >= 11 is 0. The van der Waals surface area contributed by atoms with Crippen molar-refractivity contribution in [1.29, 1.82) is 0 Å². The smallest absolute Gasteiger partial charge is 0.123 e. The number of hydrogen-bond acceptors (Lipinski definition) is 2. The molecular weight excluding hydrogens is 217 g/mol. The summed E-state index contributed by atoms with van der Waals surface area (Å²) < 4.78 is 14.7. The number of benzene rings is 1. The van der Waals surface area contributed by atoms with Gasteiger partial charge in [0.1, 0.15) is 5.82 Å². The van der Waals surface area contributed by atoms with E-state index in [0.717, 1.165) is 17.0 Å². The van der Waals surface area contributed by atoms with Crippen LogP contribution in [0.5, 0.6) is 0 Å². The van der Waals surface area contributed by atoms with E-state index >= 15 is 0 Å². The fourth-order valence-corrected chi connectivity index (χ4v) is 1.74. The predicted molar refractivity (Wildman–Crippen MR) is 66.1 cm³/mol. The lowest BCUT2D eigenvalue weighted by Crippen LogP contribution is -2.13. The topological polar surface area (TPSA) is 29.9 Å². The molecular formula is C13H16FN3. The first-order valence-corrected chi connectivity index (χ1v) is 5.59. The second kappa shape index (κ2) is 4.67. The van der Waals surface area contributed by atoms with Crippen LogP contribution in [0, 0.1) is 5.82 Å². The average molecular weight is 233 g/mol. The second-order valence-electron chi connectivity index (χ2n) is 4.10. The molecule has 1 unspecified atom stereocenters. The number of rotatable bonds is 3. The third-order valence-corrected chi connectivity index (χ3v) is 2.92. The molecule has 1 heterocycles. The first kappa shape index (κ1) is 11.8. The molecule has 0 radical (unpaired) electrons. The van der Waals surface area contributed by atoms with Crippen molar-refractivity contribution in [1.82, 2.24) is 15.1 Å². The molecule has 0 fully saturated rings. The van der Waals surface area contributed by atoms with Gasteiger partial charge < -0.3 is 5.32 Å². The molecule has 4 heteroatoms. The van der Waals surface area contributed by atoms with E-state index < -0.39 is 0 Å². The minimum atomic E-state index is -0.222. The van der Waals surface area contributed by atoms with Gasteiger partial charge in [-0.1, -0.05) is 0 Å². The van der Waals surface area contributed by atoms with E-state index in [0.29, 0.717) is 0 Å². The van der Waals surface area contributed by atoms with Gasteiger partial charge in [0.2, 0.25) is 0 Å². The Bertz CT molecular complexity index is 502. The van der Waals surface area contributed by atoms with Crippen LogP contribution in [-0.4, -0.2) is 16.8 Å². The van der Waals surface area contributed by atoms with Gasteiger partial charge in [-0.2, -0.15) is 5.10 Å². The molecule has 0 aliphatic rings. The van der Waals surface area contributed by atoms with Crippen molar-refractivity contribution in [3.8, 4) is 11.3 Å². The van der Waals surface area contributed by atoms with Crippen LogP contribution in [0.1, 0.15) is 18.7 Å². The van der Waals surface area contributed by atoms with E-state index in [9.17, 15) is 4.39 Å². The van der Waals surface area contributed by atoms with Gasteiger partial charge in [-0.05, 0) is 49.9 Å². The number of aryl methyl sites for hydroxylation is 1. The molecule has 1 aromatic heterocycles. The Morgan fingerprint density at radius 3 is 2.53 bits per heavy atom. The maximum Gasteiger partial charge on any atom is 0.123 e. The molecule has 0 saturated heterocycles. The van der Waals surface area contributed by atoms with Crippen LogP contribution in [0.15, 0.2) is 30.3 Å². The molecule has 2 aromatic rings. The van der Waals surface area contributed by atoms with Gasteiger partial charge in [0.25, 0.3) is 0 Å². The molecule has 0 aliphatic heterocycles. The third kappa shape index (κ3) is 2.36. The fraction of sp³-hybridized carbons (Fsp3) is 0.308. The Morgan fingerprint density at radius 1 is 1.29 bits per heavy atom. The molecule has 2 rings (SSSR count). The Labute approximate surface area is 100 Å². The number of nitrogens with one attached hydrogen (secondary N) is 1. The van der Waals surface area contributed by atoms with E-state index in [1.54, 1.807) is 12.1 Å². The molecule has 0 saturated carbocycles. The molecule has 0 aliphatic carbocycles. The Kier molecular flexibility index (Phi) is 3.24. The SMILES string of the molecule is CNC(C)c1cc(-c2ccc(F)cc2)n(C)n1. The lowest BCUT2D eigenvalue weighted by Gasteiger charge is -2.04. The quantitative estimate of drug-likeness (QED) is 0.882. The molecule has 0 amide bonds. The largest absolute Gasteiger partial charge is 0.312 e. The molecule has 90 valence electrons. The zero-order valence-electron chi connectivity index (χ0n) is 10.2. The van der Waals surface area contributed by atoms with Crippen molar-refractivity contribution >= 4 is 0 Å². The van der Waals surface area contributed by atoms with Gasteiger partial charge in [-0.25, -0.2) is 4.39 Å². The monoisotopic (exact) mass is 233 g/mol. The van der Waals surface area contributed by atoms with Gasteiger partial charge >= 0.3 is 0 Å². The van der Waals surface area contributed by atoms with Crippen LogP contribution in [0.2, 0.25) is 0 Å². The van der Waals surface area contributed by atoms with Crippen molar-refractivity contribution in [2.75, 3.05) is 7.05 Å². The van der Waals surface area contributed by atoms with E-state index in [2.05, 4.69) is 17.3 Å². The highest BCUT2D eigenvalue weighted by Crippen LogP contribution is 2.22. The summed E-state index contributed by atoms with van der Waals surface area (Å²) in [4.78, 5) is 0. The number of aromatic nitrogens is 2. The van der Waals surface area contributed by atoms with Crippen molar-refractivity contribution in [3.63, 3.8) is 0 Å². The summed E-state index contributed by atoms with van der Waals surface area (Å²) in [6.45, 7) is 2.05. The average Bonchev–Trinajstić information content (AvgIpc) is 2.71. The third-order valence-electron chi connectivity index (χ3n) is 2.92. The van der Waals surface area contributed by atoms with Crippen LogP contribution in [-0.2, 0) is 7.05 Å². The number of nitrogens with zero attached hydrogens (tertiary/aromatic N) is 2. The fourth-order valence-electron chi connectivity index (χ4n) is 1.74. The van der Waals surface area contributed by atoms with Crippen LogP contribution in [0.25, 0.3) is 11.3 Å². The first-order chi connectivity index (χ1) is 8.11. The van der Waals surface area contributed by atoms with Crippen LogP contribution in [0.3, 0.4) is 0 Å². The molecule has 17 heavy (non-hydrogen) atoms. The first-order valence-electron chi connectivity index (χ1n) is 5.59. The Hall–Kier alpha value is -1.68. The zero-order chi connectivity index (χ0) is 12.4. The van der Waals surface area contributed by atoms with Crippen LogP contribution < -0.4 is 5.32 Å². The van der Waals surface area contributed by atoms with Crippen molar-refractivity contribution in [3.05, 3.63) is 41.8 Å². The zero-order valence-corrected chi connectivity index (χ0v) is 10.2. The highest BCUT2D eigenvalue weighted by molar-refractivity contribution is 5.60. The van der Waals surface area contributed by atoms with Crippen molar-refractivity contribution < 1.29 is 4.39 Å². The van der Waals surface area contributed by atoms with Crippen LogP contribution in [0.4, 0.5) is 4.39 Å². The second-order valence-corrected chi connectivity index (χ2v) is 4.10. The van der Waals surface area contributed by atoms with Crippen molar-refractivity contribution in [2.24, 2.45) is 7.05 Å². The number of hydrogen-bond donors (Lipinski definition) is 1. The van der Waals surface area contributed by atoms with E-state index in [1.165, 1.54) is 12.1 Å². The highest BCUT2D eigenvalue weighted by Gasteiger charge is 2.11. The van der Waals surface area contributed by atoms with Crippen molar-refractivity contribution in [2.45, 2.75) is 13.0 Å². The maximum absolute atomic E-state index is 12.9. The molecule has 1 aromatic carbocycles. The summed E-state index contributed by atoms with van der Waals surface area (Å²) in [5, 5.41) is 7.59. The molecule has 0 bridgehead atoms. The summed E-state index contributed by atoms with van der Waals surface area (Å²) in [7, 11) is 3.79. The van der Waals surface area contributed by atoms with Gasteiger partial charge in [0.15, 0.2) is 0 Å². The standard InChI is InChI=1S/C13H16FN3/c1-9(15-2)12-8-13(17(3)16-12)10-4-6-11(14)7-5-10/h4-9,15H,1-3H3. The lowest BCUT2D eigenvalue weighted by atomic mass is 10.1. The molecule has 1 N–H and O–H groups in total. The Morgan fingerprint density at radius 2 is 1.94 bits per heavy atom. The van der Waals surface area contributed by atoms with Gasteiger partial charge in [-0.15, -0.1) is 0 Å². The highest BCUT2D eigenvalue weighted by atomic mass is 19.1. The van der Waals surface area contributed by atoms with Gasteiger partial charge in [0, 0.05) is 13.1 Å². The minimum Gasteiger partial charge on any atom is -0.312 e. The molecule has 1 atom stereocenters. The normalized spacial score (nSPS) is 12.7. The summed E-state index contributed by atoms with van der Waals surface area (Å²) in [5.41, 5.74) is 2.94. The maximum atomic E-state index is 12.9. The van der Waals surface area contributed by atoms with E-state index in [-0.39, 0.29) is 11.9 Å². The van der Waals surface area contributed by atoms with Crippen LogP contribution >= 0.6 is 0 Å². The summed E-state index contributed by atoms with van der Waals surface area (Å²) in [6.07, 6.45) is 0. The summed E-state index contributed by atoms with van der Waals surface area (Å²) in [6, 6.07) is 8.68. The minimum absolute atomic E-state index is 0.204. The van der Waals surface area contributed by atoms with Gasteiger partial charge in [-0.3, -0.25) is 4.68 Å². The Balaban J connectivity index is 2.39. The molecule has 0 spiro atoms.